The molecule has 1 unspecified atom stereocenters. The van der Waals surface area contributed by atoms with Gasteiger partial charge in [0.1, 0.15) is 0 Å². The quantitative estimate of drug-likeness (QED) is 0.343. The first-order valence-electron chi connectivity index (χ1n) is 11.9. The standard InChI is InChI=1S/C29H26Cl2N4O/c1-20-18-25(24-7-3-5-9-27(24)32-20)29(19-21-6-2-4-8-26(21)34-29)28(36)33-22-10-12-23(13-11-22)35(16-14-30)17-15-31/h2-13,18-19H,14-17H2,1H3,(H,33,36). The molecule has 5 nitrogen and oxygen atoms in total. The van der Waals surface area contributed by atoms with Crippen LogP contribution in [-0.4, -0.2) is 35.7 Å². The van der Waals surface area contributed by atoms with Crippen LogP contribution in [0.5, 0.6) is 0 Å². The Labute approximate surface area is 220 Å². The van der Waals surface area contributed by atoms with Crippen molar-refractivity contribution in [2.45, 2.75) is 12.5 Å². The van der Waals surface area contributed by atoms with Gasteiger partial charge >= 0.3 is 0 Å². The molecule has 2 heterocycles. The van der Waals surface area contributed by atoms with Crippen molar-refractivity contribution in [2.24, 2.45) is 4.99 Å². The molecule has 4 aromatic rings. The van der Waals surface area contributed by atoms with Gasteiger partial charge in [-0.2, -0.15) is 0 Å². The van der Waals surface area contributed by atoms with E-state index >= 15 is 0 Å². The highest BCUT2D eigenvalue weighted by Crippen LogP contribution is 2.36. The smallest absolute Gasteiger partial charge is 0.261 e. The molecule has 5 rings (SSSR count). The number of aromatic nitrogens is 1. The van der Waals surface area contributed by atoms with Crippen molar-refractivity contribution in [3.63, 3.8) is 0 Å². The number of benzene rings is 3. The molecule has 0 radical (unpaired) electrons. The molecule has 0 saturated heterocycles. The van der Waals surface area contributed by atoms with E-state index in [1.165, 1.54) is 0 Å². The second-order valence-corrected chi connectivity index (χ2v) is 9.53. The van der Waals surface area contributed by atoms with Gasteiger partial charge in [0.25, 0.3) is 5.91 Å². The molecule has 1 N–H and O–H groups in total. The first-order chi connectivity index (χ1) is 17.5. The van der Waals surface area contributed by atoms with Gasteiger partial charge < -0.3 is 10.2 Å². The zero-order chi connectivity index (χ0) is 25.1. The van der Waals surface area contributed by atoms with Crippen molar-refractivity contribution in [1.29, 1.82) is 0 Å². The van der Waals surface area contributed by atoms with Crippen LogP contribution >= 0.6 is 23.2 Å². The van der Waals surface area contributed by atoms with Crippen LogP contribution < -0.4 is 20.8 Å². The number of nitrogens with one attached hydrogen (secondary N) is 1. The number of alkyl halides is 2. The molecule has 3 aromatic carbocycles. The number of nitrogens with zero attached hydrogens (tertiary/aromatic N) is 3. The predicted octanol–water partition coefficient (Wildman–Crippen LogP) is 4.78. The fourth-order valence-electron chi connectivity index (χ4n) is 4.71. The fourth-order valence-corrected chi connectivity index (χ4v) is 5.12. The highest BCUT2D eigenvalue weighted by Gasteiger charge is 2.41. The third-order valence-electron chi connectivity index (χ3n) is 6.40. The molecule has 0 spiro atoms. The minimum Gasteiger partial charge on any atom is -0.369 e. The lowest BCUT2D eigenvalue weighted by Gasteiger charge is -2.26. The van der Waals surface area contributed by atoms with Crippen LogP contribution in [-0.2, 0) is 10.3 Å². The van der Waals surface area contributed by atoms with Gasteiger partial charge in [-0.15, -0.1) is 23.2 Å². The van der Waals surface area contributed by atoms with Crippen LogP contribution in [0.25, 0.3) is 17.0 Å². The van der Waals surface area contributed by atoms with E-state index in [1.807, 2.05) is 91.9 Å². The number of carbonyl (C=O) groups is 1. The number of para-hydroxylation sites is 2. The second-order valence-electron chi connectivity index (χ2n) is 8.78. The van der Waals surface area contributed by atoms with E-state index in [1.54, 1.807) is 0 Å². The lowest BCUT2D eigenvalue weighted by atomic mass is 9.86. The summed E-state index contributed by atoms with van der Waals surface area (Å²) in [6, 6.07) is 25.4. The molecule has 1 aliphatic rings. The summed E-state index contributed by atoms with van der Waals surface area (Å²) in [7, 11) is 0. The zero-order valence-electron chi connectivity index (χ0n) is 19.9. The summed E-state index contributed by atoms with van der Waals surface area (Å²) < 4.78 is 0. The van der Waals surface area contributed by atoms with Gasteiger partial charge in [-0.1, -0.05) is 36.4 Å². The van der Waals surface area contributed by atoms with Gasteiger partial charge in [0.15, 0.2) is 5.54 Å². The van der Waals surface area contributed by atoms with Crippen LogP contribution in [0.1, 0.15) is 11.3 Å². The number of fused-ring (bicyclic) bond motifs is 2. The minimum atomic E-state index is -1.22. The lowest BCUT2D eigenvalue weighted by Crippen LogP contribution is -2.37. The van der Waals surface area contributed by atoms with Crippen molar-refractivity contribution >= 4 is 57.5 Å². The monoisotopic (exact) mass is 516 g/mol. The van der Waals surface area contributed by atoms with E-state index in [9.17, 15) is 4.79 Å². The third-order valence-corrected chi connectivity index (χ3v) is 6.74. The van der Waals surface area contributed by atoms with Crippen LogP contribution in [0.4, 0.5) is 11.4 Å². The Hall–Kier alpha value is -3.41. The molecule has 182 valence electrons. The zero-order valence-corrected chi connectivity index (χ0v) is 21.4. The average Bonchev–Trinajstić information content (AvgIpc) is 3.29. The molecular weight excluding hydrogens is 491 g/mol. The van der Waals surface area contributed by atoms with E-state index in [2.05, 4.69) is 15.2 Å². The maximum Gasteiger partial charge on any atom is 0.261 e. The van der Waals surface area contributed by atoms with Crippen LogP contribution in [0.2, 0.25) is 0 Å². The first kappa shape index (κ1) is 24.3. The lowest BCUT2D eigenvalue weighted by molar-refractivity contribution is -0.119. The molecule has 0 saturated carbocycles. The van der Waals surface area contributed by atoms with Gasteiger partial charge in [0.2, 0.25) is 0 Å². The number of rotatable bonds is 8. The molecule has 7 heteroatoms. The number of aryl methyl sites for hydroxylation is 1. The molecule has 36 heavy (non-hydrogen) atoms. The summed E-state index contributed by atoms with van der Waals surface area (Å²) in [5, 5.41) is 5.74. The highest BCUT2D eigenvalue weighted by molar-refractivity contribution is 6.18. The average molecular weight is 517 g/mol. The molecule has 0 aliphatic carbocycles. The summed E-state index contributed by atoms with van der Waals surface area (Å²) in [6.45, 7) is 3.34. The molecular formula is C29H26Cl2N4O. The molecule has 1 atom stereocenters. The topological polar surface area (TPSA) is 57.6 Å². The Kier molecular flexibility index (Phi) is 6.95. The van der Waals surface area contributed by atoms with Gasteiger partial charge in [-0.05, 0) is 60.7 Å². The number of carbonyl (C=O) groups excluding carboxylic acids is 1. The van der Waals surface area contributed by atoms with E-state index in [0.717, 1.165) is 38.4 Å². The van der Waals surface area contributed by atoms with Crippen molar-refractivity contribution in [3.05, 3.63) is 101 Å². The van der Waals surface area contributed by atoms with Gasteiger partial charge in [-0.3, -0.25) is 14.8 Å². The molecule has 0 bridgehead atoms. The third kappa shape index (κ3) is 4.57. The maximum absolute atomic E-state index is 14.1. The number of hydrogen-bond acceptors (Lipinski definition) is 4. The predicted molar refractivity (Wildman–Crippen MR) is 149 cm³/mol. The number of anilines is 2. The van der Waals surface area contributed by atoms with Gasteiger partial charge in [-0.25, -0.2) is 0 Å². The Morgan fingerprint density at radius 2 is 1.64 bits per heavy atom. The fraction of sp³-hybridized carbons (Fsp3) is 0.207. The summed E-state index contributed by atoms with van der Waals surface area (Å²) in [4.78, 5) is 25.9. The number of halogens is 2. The van der Waals surface area contributed by atoms with E-state index in [0.29, 0.717) is 30.5 Å². The minimum absolute atomic E-state index is 0.222. The maximum atomic E-state index is 14.1. The van der Waals surface area contributed by atoms with Crippen molar-refractivity contribution in [1.82, 2.24) is 4.98 Å². The normalized spacial score (nSPS) is 16.2. The SMILES string of the molecule is Cc1cc(C2(C(=O)Nc3ccc(N(CCCl)CCCl)cc3)C=c3ccccc3=N2)c2ccccc2n1. The van der Waals surface area contributed by atoms with Crippen molar-refractivity contribution in [2.75, 3.05) is 35.1 Å². The second kappa shape index (κ2) is 10.3. The highest BCUT2D eigenvalue weighted by atomic mass is 35.5. The Bertz CT molecular complexity index is 1490. The molecule has 0 fully saturated rings. The molecule has 1 amide bonds. The summed E-state index contributed by atoms with van der Waals surface area (Å²) in [5.41, 5.74) is 2.95. The molecule has 1 aromatic heterocycles. The van der Waals surface area contributed by atoms with Crippen molar-refractivity contribution in [3.8, 4) is 0 Å². The number of amides is 1. The van der Waals surface area contributed by atoms with Crippen LogP contribution in [0.3, 0.4) is 0 Å². The summed E-state index contributed by atoms with van der Waals surface area (Å²) in [5.74, 6) is 0.796. The van der Waals surface area contributed by atoms with Gasteiger partial charge in [0, 0.05) is 52.9 Å². The van der Waals surface area contributed by atoms with E-state index in [4.69, 9.17) is 28.2 Å². The first-order valence-corrected chi connectivity index (χ1v) is 12.9. The van der Waals surface area contributed by atoms with E-state index in [-0.39, 0.29) is 5.91 Å². The Balaban J connectivity index is 1.57. The van der Waals surface area contributed by atoms with Gasteiger partial charge in [0.05, 0.1) is 10.9 Å². The summed E-state index contributed by atoms with van der Waals surface area (Å²) >= 11 is 11.9. The molecule has 1 aliphatic heterocycles. The number of pyridine rings is 1. The Morgan fingerprint density at radius 1 is 0.944 bits per heavy atom. The van der Waals surface area contributed by atoms with Crippen LogP contribution in [0.15, 0.2) is 83.9 Å². The summed E-state index contributed by atoms with van der Waals surface area (Å²) in [6.07, 6.45) is 1.95. The van der Waals surface area contributed by atoms with E-state index < -0.39 is 5.54 Å². The van der Waals surface area contributed by atoms with Crippen LogP contribution in [0, 0.1) is 6.92 Å². The number of hydrogen-bond donors (Lipinski definition) is 1. The Morgan fingerprint density at radius 3 is 2.36 bits per heavy atom. The van der Waals surface area contributed by atoms with Crippen molar-refractivity contribution < 1.29 is 4.79 Å². The largest absolute Gasteiger partial charge is 0.369 e.